The first-order chi connectivity index (χ1) is 11.3. The molecule has 1 aliphatic heterocycles. The summed E-state index contributed by atoms with van der Waals surface area (Å²) in [5, 5.41) is -0.263. The number of fused-ring (bicyclic) bond motifs is 1. The molecule has 0 N–H and O–H groups in total. The summed E-state index contributed by atoms with van der Waals surface area (Å²) in [7, 11) is 0. The quantitative estimate of drug-likeness (QED) is 0.708. The molecule has 1 unspecified atom stereocenters. The molecule has 2 aromatic carbocycles. The van der Waals surface area contributed by atoms with Gasteiger partial charge in [0.1, 0.15) is 11.1 Å². The van der Waals surface area contributed by atoms with Crippen LogP contribution in [0.25, 0.3) is 0 Å². The molecular weight excluding hydrogens is 304 g/mol. The number of hydrogen-bond donors (Lipinski definition) is 0. The summed E-state index contributed by atoms with van der Waals surface area (Å²) < 4.78 is 0. The van der Waals surface area contributed by atoms with Crippen molar-refractivity contribution in [2.75, 3.05) is 4.90 Å². The molecule has 0 saturated carbocycles. The fourth-order valence-electron chi connectivity index (χ4n) is 2.73. The predicted molar refractivity (Wildman–Crippen MR) is 92.9 cm³/mol. The molecule has 0 fully saturated rings. The Hall–Kier alpha value is -2.59. The Labute approximate surface area is 139 Å². The SMILES string of the molecule is O=C1C(Sc2ccccc2)c2cccnc2N1c1ccccc1. The molecule has 4 heteroatoms. The van der Waals surface area contributed by atoms with Crippen LogP contribution in [0, 0.1) is 0 Å². The number of thioether (sulfide) groups is 1. The maximum atomic E-state index is 13.0. The van der Waals surface area contributed by atoms with Crippen molar-refractivity contribution in [3.8, 4) is 0 Å². The average Bonchev–Trinajstić information content (AvgIpc) is 2.89. The highest BCUT2D eigenvalue weighted by Gasteiger charge is 2.39. The van der Waals surface area contributed by atoms with E-state index in [1.807, 2.05) is 72.8 Å². The van der Waals surface area contributed by atoms with Crippen LogP contribution in [0.15, 0.2) is 83.9 Å². The molecular formula is C19H14N2OS. The van der Waals surface area contributed by atoms with Crippen molar-refractivity contribution in [3.63, 3.8) is 0 Å². The molecule has 0 aliphatic carbocycles. The van der Waals surface area contributed by atoms with Crippen LogP contribution in [0.3, 0.4) is 0 Å². The molecule has 4 rings (SSSR count). The standard InChI is InChI=1S/C19H14N2OS/c22-19-17(23-15-10-5-2-6-11-15)16-12-7-13-20-18(16)21(19)14-8-3-1-4-9-14/h1-13,17H. The number of aromatic nitrogens is 1. The highest BCUT2D eigenvalue weighted by molar-refractivity contribution is 8.00. The third-order valence-corrected chi connectivity index (χ3v) is 5.00. The maximum Gasteiger partial charge on any atom is 0.250 e. The molecule has 0 spiro atoms. The first-order valence-corrected chi connectivity index (χ1v) is 8.28. The first-order valence-electron chi connectivity index (χ1n) is 7.40. The van der Waals surface area contributed by atoms with Crippen LogP contribution in [0.1, 0.15) is 10.8 Å². The Balaban J connectivity index is 1.76. The lowest BCUT2D eigenvalue weighted by molar-refractivity contribution is -0.116. The van der Waals surface area contributed by atoms with E-state index >= 15 is 0 Å². The van der Waals surface area contributed by atoms with Crippen LogP contribution >= 0.6 is 11.8 Å². The van der Waals surface area contributed by atoms with Crippen molar-refractivity contribution in [3.05, 3.63) is 84.6 Å². The summed E-state index contributed by atoms with van der Waals surface area (Å²) in [6.07, 6.45) is 1.73. The fraction of sp³-hybridized carbons (Fsp3) is 0.0526. The molecule has 23 heavy (non-hydrogen) atoms. The number of para-hydroxylation sites is 1. The summed E-state index contributed by atoms with van der Waals surface area (Å²) >= 11 is 1.57. The summed E-state index contributed by atoms with van der Waals surface area (Å²) in [4.78, 5) is 20.3. The van der Waals surface area contributed by atoms with Crippen molar-refractivity contribution in [2.24, 2.45) is 0 Å². The summed E-state index contributed by atoms with van der Waals surface area (Å²) in [5.41, 5.74) is 1.82. The number of amides is 1. The van der Waals surface area contributed by atoms with Crippen LogP contribution in [0.4, 0.5) is 11.5 Å². The van der Waals surface area contributed by atoms with Crippen LogP contribution in [-0.4, -0.2) is 10.9 Å². The Morgan fingerprint density at radius 1 is 0.870 bits per heavy atom. The zero-order chi connectivity index (χ0) is 15.6. The Morgan fingerprint density at radius 2 is 1.57 bits per heavy atom. The predicted octanol–water partition coefficient (Wildman–Crippen LogP) is 4.59. The fourth-order valence-corrected chi connectivity index (χ4v) is 3.83. The molecule has 0 bridgehead atoms. The number of rotatable bonds is 3. The molecule has 112 valence electrons. The average molecular weight is 318 g/mol. The van der Waals surface area contributed by atoms with E-state index in [1.165, 1.54) is 0 Å². The zero-order valence-corrected chi connectivity index (χ0v) is 13.1. The van der Waals surface area contributed by atoms with E-state index in [1.54, 1.807) is 22.9 Å². The number of benzene rings is 2. The lowest BCUT2D eigenvalue weighted by Gasteiger charge is -2.16. The van der Waals surface area contributed by atoms with E-state index in [0.717, 1.165) is 22.0 Å². The zero-order valence-electron chi connectivity index (χ0n) is 12.3. The normalized spacial score (nSPS) is 16.4. The number of nitrogens with zero attached hydrogens (tertiary/aromatic N) is 2. The molecule has 1 aliphatic rings. The van der Waals surface area contributed by atoms with E-state index in [0.29, 0.717) is 0 Å². The summed E-state index contributed by atoms with van der Waals surface area (Å²) in [6, 6.07) is 23.6. The smallest absolute Gasteiger partial charge is 0.250 e. The molecule has 1 atom stereocenters. The monoisotopic (exact) mass is 318 g/mol. The van der Waals surface area contributed by atoms with E-state index in [-0.39, 0.29) is 11.2 Å². The van der Waals surface area contributed by atoms with Gasteiger partial charge in [0.25, 0.3) is 5.91 Å². The highest BCUT2D eigenvalue weighted by atomic mass is 32.2. The van der Waals surface area contributed by atoms with Gasteiger partial charge in [-0.05, 0) is 30.3 Å². The molecule has 1 aromatic heterocycles. The number of pyridine rings is 1. The maximum absolute atomic E-state index is 13.0. The minimum absolute atomic E-state index is 0.0544. The van der Waals surface area contributed by atoms with Gasteiger partial charge in [0.2, 0.25) is 0 Å². The third kappa shape index (κ3) is 2.51. The second-order valence-corrected chi connectivity index (χ2v) is 6.41. The molecule has 1 amide bonds. The van der Waals surface area contributed by atoms with Gasteiger partial charge in [0, 0.05) is 16.7 Å². The van der Waals surface area contributed by atoms with Crippen molar-refractivity contribution in [1.82, 2.24) is 4.98 Å². The molecule has 2 heterocycles. The van der Waals surface area contributed by atoms with Gasteiger partial charge < -0.3 is 0 Å². The second kappa shape index (κ2) is 5.89. The number of carbonyl (C=O) groups excluding carboxylic acids is 1. The largest absolute Gasteiger partial charge is 0.272 e. The Morgan fingerprint density at radius 3 is 2.30 bits per heavy atom. The minimum Gasteiger partial charge on any atom is -0.272 e. The van der Waals surface area contributed by atoms with E-state index in [2.05, 4.69) is 4.98 Å². The molecule has 3 aromatic rings. The minimum atomic E-state index is -0.263. The van der Waals surface area contributed by atoms with Gasteiger partial charge in [0.15, 0.2) is 0 Å². The Bertz CT molecular complexity index is 836. The van der Waals surface area contributed by atoms with Gasteiger partial charge in [-0.2, -0.15) is 0 Å². The van der Waals surface area contributed by atoms with Crippen LogP contribution in [0.5, 0.6) is 0 Å². The van der Waals surface area contributed by atoms with E-state index in [9.17, 15) is 4.79 Å². The van der Waals surface area contributed by atoms with Gasteiger partial charge >= 0.3 is 0 Å². The van der Waals surface area contributed by atoms with E-state index in [4.69, 9.17) is 0 Å². The lowest BCUT2D eigenvalue weighted by atomic mass is 10.2. The van der Waals surface area contributed by atoms with Crippen molar-refractivity contribution >= 4 is 29.2 Å². The summed E-state index contributed by atoms with van der Waals surface area (Å²) in [6.45, 7) is 0. The van der Waals surface area contributed by atoms with Crippen molar-refractivity contribution < 1.29 is 4.79 Å². The van der Waals surface area contributed by atoms with Crippen LogP contribution in [0.2, 0.25) is 0 Å². The molecule has 0 saturated heterocycles. The van der Waals surface area contributed by atoms with Gasteiger partial charge in [0.05, 0.1) is 5.69 Å². The van der Waals surface area contributed by atoms with Gasteiger partial charge in [-0.25, -0.2) is 4.98 Å². The van der Waals surface area contributed by atoms with E-state index < -0.39 is 0 Å². The Kier molecular flexibility index (Phi) is 3.60. The topological polar surface area (TPSA) is 33.2 Å². The number of anilines is 2. The lowest BCUT2D eigenvalue weighted by Crippen LogP contribution is -2.23. The van der Waals surface area contributed by atoms with Gasteiger partial charge in [-0.3, -0.25) is 9.69 Å². The third-order valence-electron chi connectivity index (χ3n) is 3.77. The number of carbonyl (C=O) groups is 1. The highest BCUT2D eigenvalue weighted by Crippen LogP contribution is 2.47. The first kappa shape index (κ1) is 14.0. The molecule has 0 radical (unpaired) electrons. The van der Waals surface area contributed by atoms with Crippen LogP contribution in [-0.2, 0) is 4.79 Å². The summed E-state index contributed by atoms with van der Waals surface area (Å²) in [5.74, 6) is 0.788. The second-order valence-electron chi connectivity index (χ2n) is 5.24. The van der Waals surface area contributed by atoms with Crippen molar-refractivity contribution in [2.45, 2.75) is 10.1 Å². The van der Waals surface area contributed by atoms with Crippen molar-refractivity contribution in [1.29, 1.82) is 0 Å². The molecule has 3 nitrogen and oxygen atoms in total. The van der Waals surface area contributed by atoms with Gasteiger partial charge in [-0.15, -0.1) is 11.8 Å². The number of hydrogen-bond acceptors (Lipinski definition) is 3. The van der Waals surface area contributed by atoms with Crippen LogP contribution < -0.4 is 4.90 Å². The van der Waals surface area contributed by atoms with Gasteiger partial charge in [-0.1, -0.05) is 42.5 Å².